The van der Waals surface area contributed by atoms with Gasteiger partial charge in [-0.2, -0.15) is 0 Å². The SMILES string of the molecule is CO[C@H]1[C@H]2O[C@H](C)[C@]1(CO[Si](c1ccccc1)(c1ccccc1)C(C)(C)C)O[C@H]2n1cnc2c(N)ncnc21. The van der Waals surface area contributed by atoms with Crippen LogP contribution in [0, 0.1) is 0 Å². The van der Waals surface area contributed by atoms with Crippen LogP contribution in [0.4, 0.5) is 5.82 Å². The van der Waals surface area contributed by atoms with E-state index in [-0.39, 0.29) is 23.4 Å². The number of ether oxygens (including phenoxy) is 3. The maximum Gasteiger partial charge on any atom is 0.261 e. The number of nitrogens with zero attached hydrogens (tertiary/aromatic N) is 4. The van der Waals surface area contributed by atoms with Crippen LogP contribution in [0.5, 0.6) is 0 Å². The maximum atomic E-state index is 7.33. The molecule has 0 amide bonds. The Bertz CT molecular complexity index is 1420. The molecule has 4 heterocycles. The van der Waals surface area contributed by atoms with E-state index in [0.29, 0.717) is 23.6 Å². The Morgan fingerprint density at radius 3 is 2.23 bits per heavy atom. The molecule has 0 radical (unpaired) electrons. The van der Waals surface area contributed by atoms with Gasteiger partial charge in [-0.15, -0.1) is 0 Å². The fourth-order valence-corrected chi connectivity index (χ4v) is 11.0. The summed E-state index contributed by atoms with van der Waals surface area (Å²) in [5, 5.41) is 2.24. The lowest BCUT2D eigenvalue weighted by Gasteiger charge is -2.46. The molecular weight excluding hydrogens is 510 g/mol. The highest BCUT2D eigenvalue weighted by Crippen LogP contribution is 2.51. The second-order valence-electron chi connectivity index (χ2n) is 11.4. The van der Waals surface area contributed by atoms with Gasteiger partial charge in [0.25, 0.3) is 8.32 Å². The Morgan fingerprint density at radius 2 is 1.64 bits per heavy atom. The van der Waals surface area contributed by atoms with Gasteiger partial charge >= 0.3 is 0 Å². The second-order valence-corrected chi connectivity index (χ2v) is 15.7. The average molecular weight is 546 g/mol. The van der Waals surface area contributed by atoms with E-state index in [1.54, 1.807) is 13.4 Å². The number of nitrogens with two attached hydrogens (primary N) is 1. The molecule has 0 aliphatic carbocycles. The largest absolute Gasteiger partial charge is 0.404 e. The Balaban J connectivity index is 1.42. The molecule has 0 unspecified atom stereocenters. The van der Waals surface area contributed by atoms with E-state index in [2.05, 4.69) is 84.3 Å². The van der Waals surface area contributed by atoms with Crippen molar-refractivity contribution in [3.8, 4) is 0 Å². The van der Waals surface area contributed by atoms with Crippen LogP contribution in [-0.2, 0) is 18.6 Å². The molecule has 0 spiro atoms. The molecule has 0 saturated carbocycles. The molecule has 2 N–H and O–H groups in total. The highest BCUT2D eigenvalue weighted by atomic mass is 28.4. The molecule has 9 nitrogen and oxygen atoms in total. The number of nitrogen functional groups attached to an aromatic ring is 1. The van der Waals surface area contributed by atoms with Crippen LogP contribution in [0.2, 0.25) is 5.04 Å². The van der Waals surface area contributed by atoms with E-state index < -0.39 is 20.1 Å². The molecule has 2 aromatic heterocycles. The van der Waals surface area contributed by atoms with Crippen LogP contribution < -0.4 is 16.1 Å². The second kappa shape index (κ2) is 9.49. The zero-order valence-electron chi connectivity index (χ0n) is 22.9. The van der Waals surface area contributed by atoms with E-state index in [4.69, 9.17) is 24.4 Å². The topological polar surface area (TPSA) is 107 Å². The van der Waals surface area contributed by atoms with Gasteiger partial charge in [0.15, 0.2) is 17.7 Å². The van der Waals surface area contributed by atoms with Crippen molar-refractivity contribution in [1.29, 1.82) is 0 Å². The summed E-state index contributed by atoms with van der Waals surface area (Å²) in [6.07, 6.45) is 1.62. The molecular formula is C29H35N5O4Si. The lowest BCUT2D eigenvalue weighted by Crippen LogP contribution is -2.68. The molecule has 10 heteroatoms. The Kier molecular flexibility index (Phi) is 6.35. The number of benzene rings is 2. The number of anilines is 1. The van der Waals surface area contributed by atoms with E-state index in [1.807, 2.05) is 23.6 Å². The van der Waals surface area contributed by atoms with Gasteiger partial charge in [-0.3, -0.25) is 4.57 Å². The minimum atomic E-state index is -2.82. The van der Waals surface area contributed by atoms with Crippen LogP contribution >= 0.6 is 0 Å². The molecule has 204 valence electrons. The van der Waals surface area contributed by atoms with Crippen molar-refractivity contribution in [3.05, 3.63) is 73.3 Å². The van der Waals surface area contributed by atoms with Crippen LogP contribution in [0.1, 0.15) is 33.9 Å². The number of methoxy groups -OCH3 is 1. The molecule has 2 aliphatic rings. The monoisotopic (exact) mass is 545 g/mol. The fraction of sp³-hybridized carbons (Fsp3) is 0.414. The van der Waals surface area contributed by atoms with Crippen LogP contribution in [0.15, 0.2) is 73.3 Å². The molecule has 4 aromatic rings. The van der Waals surface area contributed by atoms with Crippen LogP contribution in [-0.4, -0.2) is 65.5 Å². The zero-order chi connectivity index (χ0) is 27.4. The summed E-state index contributed by atoms with van der Waals surface area (Å²) in [4.78, 5) is 12.9. The molecule has 2 aromatic carbocycles. The Hall–Kier alpha value is -3.15. The third-order valence-corrected chi connectivity index (χ3v) is 13.3. The molecule has 6 rings (SSSR count). The van der Waals surface area contributed by atoms with Crippen molar-refractivity contribution >= 4 is 35.7 Å². The summed E-state index contributed by atoms with van der Waals surface area (Å²) in [7, 11) is -1.12. The molecule has 2 fully saturated rings. The summed E-state index contributed by atoms with van der Waals surface area (Å²) in [5.41, 5.74) is 6.34. The summed E-state index contributed by atoms with van der Waals surface area (Å²) < 4.78 is 28.7. The van der Waals surface area contributed by atoms with Crippen molar-refractivity contribution < 1.29 is 18.6 Å². The average Bonchev–Trinajstić information content (AvgIpc) is 3.57. The number of hydrogen-bond donors (Lipinski definition) is 1. The lowest BCUT2D eigenvalue weighted by atomic mass is 9.94. The van der Waals surface area contributed by atoms with Gasteiger partial charge < -0.3 is 24.4 Å². The highest BCUT2D eigenvalue weighted by molar-refractivity contribution is 6.99. The van der Waals surface area contributed by atoms with Gasteiger partial charge in [0.1, 0.15) is 29.7 Å². The van der Waals surface area contributed by atoms with Gasteiger partial charge in [-0.1, -0.05) is 81.4 Å². The first-order valence-corrected chi connectivity index (χ1v) is 15.2. The first-order valence-electron chi connectivity index (χ1n) is 13.3. The number of fused-ring (bicyclic) bond motifs is 3. The number of imidazole rings is 1. The first kappa shape index (κ1) is 26.1. The van der Waals surface area contributed by atoms with Crippen LogP contribution in [0.3, 0.4) is 0 Å². The van der Waals surface area contributed by atoms with Gasteiger partial charge in [-0.25, -0.2) is 15.0 Å². The Morgan fingerprint density at radius 1 is 1.00 bits per heavy atom. The first-order chi connectivity index (χ1) is 18.7. The highest BCUT2D eigenvalue weighted by Gasteiger charge is 2.67. The van der Waals surface area contributed by atoms with E-state index >= 15 is 0 Å². The molecule has 2 saturated heterocycles. The standard InChI is InChI=1S/C29H35N5O4Si/c1-19-29(16-36-39(28(2,3)4,20-12-8-6-9-13-20)21-14-10-7-11-15-21)24(35-5)23(37-19)27(38-29)34-18-33-22-25(30)31-17-32-26(22)34/h6-15,17-19,23-24,27H,16H2,1-5H3,(H2,30,31,32)/t19-,23-,24+,27-,29+/m1/s1. The smallest absolute Gasteiger partial charge is 0.261 e. The number of rotatable bonds is 7. The molecule has 2 bridgehead atoms. The molecule has 39 heavy (non-hydrogen) atoms. The van der Waals surface area contributed by atoms with E-state index in [9.17, 15) is 0 Å². The van der Waals surface area contributed by atoms with E-state index in [1.165, 1.54) is 16.7 Å². The normalized spacial score (nSPS) is 26.9. The van der Waals surface area contributed by atoms with Crippen LogP contribution in [0.25, 0.3) is 11.2 Å². The summed E-state index contributed by atoms with van der Waals surface area (Å²) >= 11 is 0. The van der Waals surface area contributed by atoms with Gasteiger partial charge in [0.2, 0.25) is 0 Å². The molecule has 5 atom stereocenters. The number of aromatic nitrogens is 4. The predicted octanol–water partition coefficient (Wildman–Crippen LogP) is 3.05. The summed E-state index contributed by atoms with van der Waals surface area (Å²) in [6.45, 7) is 9.13. The predicted molar refractivity (Wildman–Crippen MR) is 151 cm³/mol. The van der Waals surface area contributed by atoms with Crippen molar-refractivity contribution in [2.24, 2.45) is 0 Å². The number of hydrogen-bond acceptors (Lipinski definition) is 8. The minimum absolute atomic E-state index is 0.177. The van der Waals surface area contributed by atoms with Crippen molar-refractivity contribution in [1.82, 2.24) is 19.5 Å². The third-order valence-electron chi connectivity index (χ3n) is 8.30. The third kappa shape index (κ3) is 3.85. The minimum Gasteiger partial charge on any atom is -0.404 e. The van der Waals surface area contributed by atoms with Crippen molar-refractivity contribution in [2.45, 2.75) is 62.9 Å². The fourth-order valence-electron chi connectivity index (χ4n) is 6.42. The van der Waals surface area contributed by atoms with Crippen molar-refractivity contribution in [2.75, 3.05) is 19.5 Å². The lowest BCUT2D eigenvalue weighted by molar-refractivity contribution is -0.215. The van der Waals surface area contributed by atoms with Gasteiger partial charge in [0, 0.05) is 7.11 Å². The quantitative estimate of drug-likeness (QED) is 0.353. The van der Waals surface area contributed by atoms with Crippen molar-refractivity contribution in [3.63, 3.8) is 0 Å². The van der Waals surface area contributed by atoms with E-state index in [0.717, 1.165) is 0 Å². The summed E-state index contributed by atoms with van der Waals surface area (Å²) in [5.74, 6) is 0.323. The summed E-state index contributed by atoms with van der Waals surface area (Å²) in [6, 6.07) is 21.2. The zero-order valence-corrected chi connectivity index (χ0v) is 23.9. The maximum absolute atomic E-state index is 7.33. The molecule has 2 aliphatic heterocycles. The van der Waals surface area contributed by atoms with Gasteiger partial charge in [0.05, 0.1) is 19.0 Å². The Labute approximate surface area is 229 Å². The van der Waals surface area contributed by atoms with Gasteiger partial charge in [-0.05, 0) is 22.3 Å².